The molecule has 0 saturated carbocycles. The van der Waals surface area contributed by atoms with Crippen molar-refractivity contribution in [3.05, 3.63) is 58.6 Å². The average Bonchev–Trinajstić information content (AvgIpc) is 2.55. The summed E-state index contributed by atoms with van der Waals surface area (Å²) in [5.41, 5.74) is 2.19. The first kappa shape index (κ1) is 20.6. The topological polar surface area (TPSA) is 58.1 Å². The van der Waals surface area contributed by atoms with Crippen LogP contribution in [0.1, 0.15) is 27.8 Å². The number of benzene rings is 1. The molecule has 1 fully saturated rings. The molecule has 1 aromatic carbocycles. The van der Waals surface area contributed by atoms with Crippen LogP contribution < -0.4 is 5.32 Å². The van der Waals surface area contributed by atoms with E-state index in [9.17, 15) is 4.79 Å². The molecule has 130 valence electrons. The first-order valence-corrected chi connectivity index (χ1v) is 7.59. The summed E-state index contributed by atoms with van der Waals surface area (Å²) in [5, 5.41) is 4.00. The summed E-state index contributed by atoms with van der Waals surface area (Å²) in [7, 11) is 0. The number of hydrogen-bond donors (Lipinski definition) is 1. The highest BCUT2D eigenvalue weighted by atomic mass is 35.5. The Kier molecular flexibility index (Phi) is 7.90. The molecule has 2 aromatic rings. The second-order valence-corrected chi connectivity index (χ2v) is 5.75. The Bertz CT molecular complexity index is 681. The minimum atomic E-state index is -0.0982. The number of halogens is 3. The highest BCUT2D eigenvalue weighted by Crippen LogP contribution is 2.25. The maximum absolute atomic E-state index is 12.7. The monoisotopic (exact) mass is 388 g/mol. The molecule has 1 unspecified atom stereocenters. The molecular weight excluding hydrogens is 371 g/mol. The van der Waals surface area contributed by atoms with Crippen LogP contribution in [0.25, 0.3) is 0 Å². The smallest absolute Gasteiger partial charge is 0.274 e. The lowest BCUT2D eigenvalue weighted by Gasteiger charge is -2.36. The molecule has 0 radical (unpaired) electrons. The van der Waals surface area contributed by atoms with Crippen LogP contribution in [0.15, 0.2) is 36.7 Å². The van der Waals surface area contributed by atoms with E-state index in [0.717, 1.165) is 17.8 Å². The van der Waals surface area contributed by atoms with E-state index in [1.807, 2.05) is 36.1 Å². The number of hydrogen-bond acceptors (Lipinski definition) is 4. The molecule has 1 amide bonds. The number of rotatable bonds is 2. The van der Waals surface area contributed by atoms with E-state index in [1.54, 1.807) is 6.20 Å². The Hall–Kier alpha value is -1.40. The minimum absolute atomic E-state index is 0. The molecule has 1 atom stereocenters. The highest BCUT2D eigenvalue weighted by Gasteiger charge is 2.29. The minimum Gasteiger partial charge on any atom is -0.328 e. The molecule has 3 rings (SSSR count). The number of nitrogens with one attached hydrogen (secondary N) is 1. The lowest BCUT2D eigenvalue weighted by atomic mass is 10.0. The molecule has 1 saturated heterocycles. The number of carbonyl (C=O) groups excluding carboxylic acids is 1. The lowest BCUT2D eigenvalue weighted by Crippen LogP contribution is -2.48. The summed E-state index contributed by atoms with van der Waals surface area (Å²) in [6.07, 6.45) is 3.15. The summed E-state index contributed by atoms with van der Waals surface area (Å²) >= 11 is 6.08. The van der Waals surface area contributed by atoms with Crippen molar-refractivity contribution in [2.75, 3.05) is 19.6 Å². The van der Waals surface area contributed by atoms with Crippen LogP contribution in [0.5, 0.6) is 0 Å². The molecule has 1 aromatic heterocycles. The van der Waals surface area contributed by atoms with Crippen molar-refractivity contribution in [3.63, 3.8) is 0 Å². The average molecular weight is 390 g/mol. The second kappa shape index (κ2) is 9.18. The fourth-order valence-electron chi connectivity index (χ4n) is 2.61. The number of nitrogens with zero attached hydrogens (tertiary/aromatic N) is 3. The van der Waals surface area contributed by atoms with Gasteiger partial charge in [0.2, 0.25) is 0 Å². The normalized spacial score (nSPS) is 16.8. The fraction of sp³-hybridized carbons (Fsp3) is 0.312. The third kappa shape index (κ3) is 4.57. The van der Waals surface area contributed by atoms with E-state index >= 15 is 0 Å². The highest BCUT2D eigenvalue weighted by molar-refractivity contribution is 6.30. The summed E-state index contributed by atoms with van der Waals surface area (Å²) in [5.74, 6) is -0.0982. The van der Waals surface area contributed by atoms with E-state index in [-0.39, 0.29) is 36.8 Å². The van der Waals surface area contributed by atoms with Gasteiger partial charge in [0.25, 0.3) is 5.91 Å². The summed E-state index contributed by atoms with van der Waals surface area (Å²) in [6.45, 7) is 3.94. The molecule has 0 spiro atoms. The van der Waals surface area contributed by atoms with Crippen molar-refractivity contribution in [2.24, 2.45) is 0 Å². The number of aryl methyl sites for hydroxylation is 1. The molecule has 5 nitrogen and oxygen atoms in total. The summed E-state index contributed by atoms with van der Waals surface area (Å²) < 4.78 is 0. The standard InChI is InChI=1S/C16H17ClN4O.2ClH/c1-11-8-20-14(9-19-11)16(22)21-6-5-18-10-15(21)12-3-2-4-13(17)7-12;;/h2-4,7-9,15,18H,5-6,10H2,1H3;2*1H. The second-order valence-electron chi connectivity index (χ2n) is 5.32. The Labute approximate surface area is 158 Å². The van der Waals surface area contributed by atoms with Crippen LogP contribution in [0.4, 0.5) is 0 Å². The third-order valence-electron chi connectivity index (χ3n) is 3.74. The van der Waals surface area contributed by atoms with Crippen molar-refractivity contribution in [3.8, 4) is 0 Å². The van der Waals surface area contributed by atoms with Crippen LogP contribution in [0, 0.1) is 6.92 Å². The van der Waals surface area contributed by atoms with Crippen LogP contribution in [-0.2, 0) is 0 Å². The Morgan fingerprint density at radius 3 is 2.75 bits per heavy atom. The first-order valence-electron chi connectivity index (χ1n) is 7.21. The van der Waals surface area contributed by atoms with Gasteiger partial charge in [-0.1, -0.05) is 23.7 Å². The quantitative estimate of drug-likeness (QED) is 0.857. The van der Waals surface area contributed by atoms with Gasteiger partial charge in [0.15, 0.2) is 0 Å². The molecule has 8 heteroatoms. The van der Waals surface area contributed by atoms with Gasteiger partial charge in [-0.2, -0.15) is 0 Å². The molecule has 1 N–H and O–H groups in total. The third-order valence-corrected chi connectivity index (χ3v) is 3.97. The summed E-state index contributed by atoms with van der Waals surface area (Å²) in [4.78, 5) is 22.9. The molecule has 1 aliphatic heterocycles. The number of aromatic nitrogens is 2. The SMILES string of the molecule is Cc1cnc(C(=O)N2CCNCC2c2cccc(Cl)c2)cn1.Cl.Cl. The first-order chi connectivity index (χ1) is 10.6. The van der Waals surface area contributed by atoms with Crippen molar-refractivity contribution in [1.29, 1.82) is 0 Å². The van der Waals surface area contributed by atoms with Gasteiger partial charge < -0.3 is 10.2 Å². The molecule has 1 aliphatic rings. The molecule has 0 aliphatic carbocycles. The van der Waals surface area contributed by atoms with Gasteiger partial charge in [0.1, 0.15) is 5.69 Å². The van der Waals surface area contributed by atoms with Crippen molar-refractivity contribution < 1.29 is 4.79 Å². The number of amides is 1. The van der Waals surface area contributed by atoms with Gasteiger partial charge in [-0.15, -0.1) is 24.8 Å². The molecule has 2 heterocycles. The maximum atomic E-state index is 12.7. The van der Waals surface area contributed by atoms with Crippen molar-refractivity contribution in [2.45, 2.75) is 13.0 Å². The zero-order valence-corrected chi connectivity index (χ0v) is 15.5. The molecule has 24 heavy (non-hydrogen) atoms. The zero-order chi connectivity index (χ0) is 15.5. The van der Waals surface area contributed by atoms with E-state index in [4.69, 9.17) is 11.6 Å². The fourth-order valence-corrected chi connectivity index (χ4v) is 2.81. The number of carbonyl (C=O) groups is 1. The number of piperazine rings is 1. The lowest BCUT2D eigenvalue weighted by molar-refractivity contribution is 0.0627. The summed E-state index contributed by atoms with van der Waals surface area (Å²) in [6, 6.07) is 7.58. The van der Waals surface area contributed by atoms with Crippen molar-refractivity contribution in [1.82, 2.24) is 20.2 Å². The van der Waals surface area contributed by atoms with Crippen LogP contribution in [0.3, 0.4) is 0 Å². The van der Waals surface area contributed by atoms with E-state index < -0.39 is 0 Å². The maximum Gasteiger partial charge on any atom is 0.274 e. The van der Waals surface area contributed by atoms with E-state index in [1.165, 1.54) is 6.20 Å². The Morgan fingerprint density at radius 1 is 1.29 bits per heavy atom. The van der Waals surface area contributed by atoms with Gasteiger partial charge in [0.05, 0.1) is 17.9 Å². The van der Waals surface area contributed by atoms with Crippen molar-refractivity contribution >= 4 is 42.3 Å². The van der Waals surface area contributed by atoms with Gasteiger partial charge in [-0.3, -0.25) is 9.78 Å². The Balaban J connectivity index is 0.00000144. The Morgan fingerprint density at radius 2 is 2.08 bits per heavy atom. The van der Waals surface area contributed by atoms with E-state index in [0.29, 0.717) is 23.8 Å². The van der Waals surface area contributed by atoms with Crippen LogP contribution in [-0.4, -0.2) is 40.4 Å². The molecule has 0 bridgehead atoms. The van der Waals surface area contributed by atoms with Gasteiger partial charge in [0, 0.05) is 30.9 Å². The predicted octanol–water partition coefficient (Wildman–Crippen LogP) is 3.07. The van der Waals surface area contributed by atoms with E-state index in [2.05, 4.69) is 15.3 Å². The van der Waals surface area contributed by atoms with Gasteiger partial charge in [-0.05, 0) is 24.6 Å². The van der Waals surface area contributed by atoms with Crippen LogP contribution in [0.2, 0.25) is 5.02 Å². The van der Waals surface area contributed by atoms with Gasteiger partial charge >= 0.3 is 0 Å². The van der Waals surface area contributed by atoms with Crippen LogP contribution >= 0.6 is 36.4 Å². The molecular formula is C16H19Cl3N4O. The predicted molar refractivity (Wildman–Crippen MR) is 99.4 cm³/mol. The largest absolute Gasteiger partial charge is 0.328 e. The zero-order valence-electron chi connectivity index (χ0n) is 13.1. The van der Waals surface area contributed by atoms with Gasteiger partial charge in [-0.25, -0.2) is 4.98 Å².